The zero-order valence-corrected chi connectivity index (χ0v) is 27.7. The Hall–Kier alpha value is -6.65. The van der Waals surface area contributed by atoms with Crippen molar-refractivity contribution in [3.63, 3.8) is 0 Å². The smallest absolute Gasteiger partial charge is 0.164 e. The number of hydrogen-bond acceptors (Lipinski definition) is 4. The maximum atomic E-state index is 6.52. The second kappa shape index (κ2) is 12.0. The van der Waals surface area contributed by atoms with Gasteiger partial charge < -0.3 is 4.42 Å². The van der Waals surface area contributed by atoms with Gasteiger partial charge in [0.15, 0.2) is 17.5 Å². The zero-order valence-electron chi connectivity index (χ0n) is 27.7. The van der Waals surface area contributed by atoms with E-state index in [1.54, 1.807) is 0 Å². The Morgan fingerprint density at radius 1 is 0.471 bits per heavy atom. The first-order valence-electron chi connectivity index (χ1n) is 17.4. The van der Waals surface area contributed by atoms with Gasteiger partial charge in [0.1, 0.15) is 11.2 Å². The Balaban J connectivity index is 1.18. The van der Waals surface area contributed by atoms with Crippen LogP contribution < -0.4 is 0 Å². The summed E-state index contributed by atoms with van der Waals surface area (Å²) in [4.78, 5) is 15.5. The molecular weight excluding hydrogens is 623 g/mol. The Bertz CT molecular complexity index is 2830. The number of furan rings is 1. The number of rotatable bonds is 5. The molecule has 7 aromatic carbocycles. The fourth-order valence-electron chi connectivity index (χ4n) is 7.44. The maximum Gasteiger partial charge on any atom is 0.164 e. The molecule has 0 aliphatic heterocycles. The van der Waals surface area contributed by atoms with Crippen LogP contribution in [0.1, 0.15) is 17.9 Å². The van der Waals surface area contributed by atoms with Gasteiger partial charge in [0.05, 0.1) is 0 Å². The summed E-state index contributed by atoms with van der Waals surface area (Å²) < 4.78 is 6.52. The first-order valence-corrected chi connectivity index (χ1v) is 17.4. The van der Waals surface area contributed by atoms with Gasteiger partial charge in [-0.25, -0.2) is 15.0 Å². The van der Waals surface area contributed by atoms with Crippen molar-refractivity contribution < 1.29 is 4.42 Å². The van der Waals surface area contributed by atoms with E-state index in [2.05, 4.69) is 127 Å². The molecule has 0 radical (unpaired) electrons. The van der Waals surface area contributed by atoms with Gasteiger partial charge in [0.2, 0.25) is 0 Å². The summed E-state index contributed by atoms with van der Waals surface area (Å²) in [5, 5.41) is 6.82. The molecule has 0 fully saturated rings. The van der Waals surface area contributed by atoms with Crippen LogP contribution in [0.25, 0.3) is 88.8 Å². The molecule has 1 atom stereocenters. The first-order chi connectivity index (χ1) is 25.2. The van der Waals surface area contributed by atoms with Crippen molar-refractivity contribution in [3.05, 3.63) is 175 Å². The molecule has 0 spiro atoms. The highest BCUT2D eigenvalue weighted by molar-refractivity contribution is 6.13. The average Bonchev–Trinajstić information content (AvgIpc) is 3.59. The monoisotopic (exact) mass is 653 g/mol. The number of para-hydroxylation sites is 1. The van der Waals surface area contributed by atoms with Crippen LogP contribution in [-0.2, 0) is 0 Å². The van der Waals surface area contributed by atoms with Gasteiger partial charge in [-0.2, -0.15) is 0 Å². The lowest BCUT2D eigenvalue weighted by atomic mass is 9.91. The van der Waals surface area contributed by atoms with Crippen molar-refractivity contribution in [3.8, 4) is 45.3 Å². The summed E-state index contributed by atoms with van der Waals surface area (Å²) in [5.41, 5.74) is 7.87. The number of fused-ring (bicyclic) bond motifs is 6. The molecule has 0 N–H and O–H groups in total. The van der Waals surface area contributed by atoms with E-state index in [0.29, 0.717) is 23.4 Å². The molecule has 240 valence electrons. The topological polar surface area (TPSA) is 51.8 Å². The van der Waals surface area contributed by atoms with E-state index in [4.69, 9.17) is 19.4 Å². The van der Waals surface area contributed by atoms with E-state index >= 15 is 0 Å². The molecule has 4 heteroatoms. The van der Waals surface area contributed by atoms with E-state index in [-0.39, 0.29) is 0 Å². The minimum absolute atomic E-state index is 0.395. The van der Waals surface area contributed by atoms with Crippen LogP contribution in [0.4, 0.5) is 0 Å². The van der Waals surface area contributed by atoms with E-state index < -0.39 is 0 Å². The Morgan fingerprint density at radius 2 is 1.18 bits per heavy atom. The molecule has 10 rings (SSSR count). The van der Waals surface area contributed by atoms with Crippen LogP contribution in [0.3, 0.4) is 0 Å². The molecule has 1 aliphatic carbocycles. The molecule has 1 aliphatic rings. The van der Waals surface area contributed by atoms with E-state index in [1.165, 1.54) is 21.7 Å². The first kappa shape index (κ1) is 29.3. The lowest BCUT2D eigenvalue weighted by Gasteiger charge is -2.14. The van der Waals surface area contributed by atoms with E-state index in [9.17, 15) is 0 Å². The molecule has 51 heavy (non-hydrogen) atoms. The van der Waals surface area contributed by atoms with Gasteiger partial charge in [-0.3, -0.25) is 0 Å². The number of hydrogen-bond donors (Lipinski definition) is 0. The number of nitrogens with zero attached hydrogens (tertiary/aromatic N) is 3. The second-order valence-electron chi connectivity index (χ2n) is 13.2. The van der Waals surface area contributed by atoms with Crippen LogP contribution in [0.2, 0.25) is 0 Å². The highest BCUT2D eigenvalue weighted by Gasteiger charge is 2.20. The Kier molecular flexibility index (Phi) is 6.91. The minimum Gasteiger partial charge on any atom is -0.456 e. The minimum atomic E-state index is 0.395. The lowest BCUT2D eigenvalue weighted by molar-refractivity contribution is 0.669. The molecule has 0 bridgehead atoms. The third kappa shape index (κ3) is 5.20. The van der Waals surface area contributed by atoms with Gasteiger partial charge >= 0.3 is 0 Å². The Labute approximate surface area is 295 Å². The highest BCUT2D eigenvalue weighted by atomic mass is 16.3. The lowest BCUT2D eigenvalue weighted by Crippen LogP contribution is -2.01. The molecule has 2 heterocycles. The normalized spacial score (nSPS) is 14.2. The van der Waals surface area contributed by atoms with Gasteiger partial charge in [0, 0.05) is 33.4 Å². The third-order valence-electron chi connectivity index (χ3n) is 10.0. The van der Waals surface area contributed by atoms with Crippen LogP contribution in [-0.4, -0.2) is 15.0 Å². The summed E-state index contributed by atoms with van der Waals surface area (Å²) >= 11 is 0. The van der Waals surface area contributed by atoms with Crippen molar-refractivity contribution in [1.29, 1.82) is 0 Å². The van der Waals surface area contributed by atoms with Crippen LogP contribution in [0.5, 0.6) is 0 Å². The van der Waals surface area contributed by atoms with Crippen molar-refractivity contribution >= 4 is 43.5 Å². The highest BCUT2D eigenvalue weighted by Crippen LogP contribution is 2.40. The van der Waals surface area contributed by atoms with Gasteiger partial charge in [-0.1, -0.05) is 146 Å². The van der Waals surface area contributed by atoms with Crippen LogP contribution in [0, 0.1) is 0 Å². The fourth-order valence-corrected chi connectivity index (χ4v) is 7.44. The number of allylic oxidation sites excluding steroid dienone is 4. The van der Waals surface area contributed by atoms with Crippen molar-refractivity contribution in [2.75, 3.05) is 0 Å². The van der Waals surface area contributed by atoms with Crippen molar-refractivity contribution in [1.82, 2.24) is 15.0 Å². The SMILES string of the molecule is C1=CCC(c2ccc(-c3cc(-c4nc(-c5ccccc5)nc(-c5ccc6c(ccc7ccccc76)c5)n4)c4c(c3)oc3ccccc34)cc2)C=C1. The average molecular weight is 654 g/mol. The van der Waals surface area contributed by atoms with Gasteiger partial charge in [-0.05, 0) is 68.9 Å². The second-order valence-corrected chi connectivity index (χ2v) is 13.2. The fraction of sp³-hybridized carbons (Fsp3) is 0.0426. The maximum absolute atomic E-state index is 6.52. The van der Waals surface area contributed by atoms with Crippen molar-refractivity contribution in [2.45, 2.75) is 12.3 Å². The number of benzene rings is 7. The largest absolute Gasteiger partial charge is 0.456 e. The summed E-state index contributed by atoms with van der Waals surface area (Å²) in [5.74, 6) is 2.25. The zero-order chi connectivity index (χ0) is 33.7. The molecular formula is C47H31N3O. The molecule has 4 nitrogen and oxygen atoms in total. The van der Waals surface area contributed by atoms with Gasteiger partial charge in [0.25, 0.3) is 0 Å². The standard InChI is InChI=1S/C47H31N3O/c1-3-11-30(12-4-1)31-19-21-32(22-20-31)37-28-41(44-40-17-9-10-18-42(40)51-43(44)29-37)47-49-45(34-14-5-2-6-15-34)48-46(50-47)36-25-26-39-35(27-36)24-23-33-13-7-8-16-38(33)39/h1-11,13-30H,12H2. The predicted octanol–water partition coefficient (Wildman–Crippen LogP) is 12.3. The molecule has 0 saturated heterocycles. The molecule has 1 unspecified atom stereocenters. The van der Waals surface area contributed by atoms with Crippen molar-refractivity contribution in [2.24, 2.45) is 0 Å². The third-order valence-corrected chi connectivity index (χ3v) is 10.0. The molecule has 0 amide bonds. The quantitative estimate of drug-likeness (QED) is 0.173. The van der Waals surface area contributed by atoms with E-state index in [0.717, 1.165) is 61.6 Å². The molecule has 9 aromatic rings. The predicted molar refractivity (Wildman–Crippen MR) is 209 cm³/mol. The van der Waals surface area contributed by atoms with Crippen LogP contribution in [0.15, 0.2) is 174 Å². The van der Waals surface area contributed by atoms with Crippen LogP contribution >= 0.6 is 0 Å². The summed E-state index contributed by atoms with van der Waals surface area (Å²) in [7, 11) is 0. The summed E-state index contributed by atoms with van der Waals surface area (Å²) in [6, 6.07) is 51.0. The molecule has 2 aromatic heterocycles. The Morgan fingerprint density at radius 3 is 2.02 bits per heavy atom. The van der Waals surface area contributed by atoms with Gasteiger partial charge in [-0.15, -0.1) is 0 Å². The summed E-state index contributed by atoms with van der Waals surface area (Å²) in [6.45, 7) is 0. The van der Waals surface area contributed by atoms with E-state index in [1.807, 2.05) is 42.5 Å². The molecule has 0 saturated carbocycles. The summed E-state index contributed by atoms with van der Waals surface area (Å²) in [6.07, 6.45) is 9.77. The number of aromatic nitrogens is 3.